The highest BCUT2D eigenvalue weighted by Gasteiger charge is 2.21. The van der Waals surface area contributed by atoms with Crippen molar-refractivity contribution in [3.8, 4) is 11.5 Å². The molecule has 0 radical (unpaired) electrons. The smallest absolute Gasteiger partial charge is 0.319 e. The largest absolute Gasteiger partial charge is 0.493 e. The van der Waals surface area contributed by atoms with E-state index >= 15 is 0 Å². The Morgan fingerprint density at radius 3 is 2.61 bits per heavy atom. The summed E-state index contributed by atoms with van der Waals surface area (Å²) in [6, 6.07) is 19.0. The summed E-state index contributed by atoms with van der Waals surface area (Å²) in [7, 11) is 3.22. The minimum atomic E-state index is -0.300. The zero-order valence-corrected chi connectivity index (χ0v) is 19.5. The summed E-state index contributed by atoms with van der Waals surface area (Å²) < 4.78 is 10.9. The number of anilines is 1. The van der Waals surface area contributed by atoms with Gasteiger partial charge in [0.25, 0.3) is 0 Å². The van der Waals surface area contributed by atoms with Gasteiger partial charge in [-0.1, -0.05) is 41.9 Å². The van der Waals surface area contributed by atoms with Gasteiger partial charge in [-0.15, -0.1) is 0 Å². The summed E-state index contributed by atoms with van der Waals surface area (Å²) in [4.78, 5) is 16.1. The Morgan fingerprint density at radius 2 is 1.82 bits per heavy atom. The van der Waals surface area contributed by atoms with Crippen molar-refractivity contribution in [3.05, 3.63) is 88.6 Å². The zero-order valence-electron chi connectivity index (χ0n) is 18.7. The van der Waals surface area contributed by atoms with Crippen LogP contribution < -0.4 is 20.1 Å². The van der Waals surface area contributed by atoms with E-state index in [1.807, 2.05) is 55.6 Å². The van der Waals surface area contributed by atoms with Crippen LogP contribution in [-0.4, -0.2) is 31.8 Å². The van der Waals surface area contributed by atoms with Crippen molar-refractivity contribution in [2.75, 3.05) is 26.1 Å². The van der Waals surface area contributed by atoms with E-state index in [0.717, 1.165) is 27.6 Å². The molecule has 4 aromatic rings. The van der Waals surface area contributed by atoms with Gasteiger partial charge in [0, 0.05) is 40.3 Å². The zero-order chi connectivity index (χ0) is 23.4. The fourth-order valence-electron chi connectivity index (χ4n) is 3.95. The molecule has 7 heteroatoms. The molecule has 0 fully saturated rings. The number of rotatable bonds is 7. The molecule has 0 bridgehead atoms. The first-order chi connectivity index (χ1) is 16.0. The van der Waals surface area contributed by atoms with Crippen molar-refractivity contribution >= 4 is 34.2 Å². The molecule has 0 aliphatic heterocycles. The van der Waals surface area contributed by atoms with Crippen LogP contribution in [0.3, 0.4) is 0 Å². The molecule has 33 heavy (non-hydrogen) atoms. The number of fused-ring (bicyclic) bond motifs is 1. The van der Waals surface area contributed by atoms with E-state index in [9.17, 15) is 4.79 Å². The van der Waals surface area contributed by atoms with Crippen LogP contribution in [0.2, 0.25) is 5.02 Å². The number of H-pyrrole nitrogens is 1. The summed E-state index contributed by atoms with van der Waals surface area (Å²) in [5, 5.41) is 7.58. The van der Waals surface area contributed by atoms with Gasteiger partial charge in [-0.25, -0.2) is 4.79 Å². The molecular weight excluding hydrogens is 438 g/mol. The number of benzene rings is 3. The lowest BCUT2D eigenvalue weighted by Gasteiger charge is -2.20. The van der Waals surface area contributed by atoms with E-state index in [4.69, 9.17) is 21.1 Å². The van der Waals surface area contributed by atoms with E-state index in [1.165, 1.54) is 0 Å². The van der Waals surface area contributed by atoms with Crippen LogP contribution >= 0.6 is 11.6 Å². The number of para-hydroxylation sites is 1. The standard InChI is InChI=1S/C26H26ClN3O3/c1-16-8-10-18(27)13-23(16)30-26(31)29-14-20(17-9-11-24(32-2)25(12-17)33-3)21-15-28-22-7-5-4-6-19(21)22/h4-13,15,20,28H,14H2,1-3H3,(H2,29,30,31)/t20-/m0/s1. The second-order valence-corrected chi connectivity index (χ2v) is 8.19. The van der Waals surface area contributed by atoms with Gasteiger partial charge in [-0.05, 0) is 53.9 Å². The van der Waals surface area contributed by atoms with E-state index in [1.54, 1.807) is 26.4 Å². The molecule has 0 aliphatic carbocycles. The summed E-state index contributed by atoms with van der Waals surface area (Å²) >= 11 is 6.09. The fraction of sp³-hybridized carbons (Fsp3) is 0.192. The molecule has 6 nitrogen and oxygen atoms in total. The van der Waals surface area contributed by atoms with Crippen LogP contribution in [0.4, 0.5) is 10.5 Å². The van der Waals surface area contributed by atoms with Crippen molar-refractivity contribution < 1.29 is 14.3 Å². The molecule has 1 aromatic heterocycles. The van der Waals surface area contributed by atoms with Gasteiger partial charge in [-0.3, -0.25) is 0 Å². The van der Waals surface area contributed by atoms with Gasteiger partial charge in [0.2, 0.25) is 0 Å². The summed E-state index contributed by atoms with van der Waals surface area (Å²) in [6.07, 6.45) is 1.99. The van der Waals surface area contributed by atoms with Crippen LogP contribution in [-0.2, 0) is 0 Å². The van der Waals surface area contributed by atoms with Crippen LogP contribution in [0.5, 0.6) is 11.5 Å². The minimum Gasteiger partial charge on any atom is -0.493 e. The van der Waals surface area contributed by atoms with E-state index in [2.05, 4.69) is 21.7 Å². The minimum absolute atomic E-state index is 0.118. The normalized spacial score (nSPS) is 11.8. The molecule has 3 N–H and O–H groups in total. The Labute approximate surface area is 197 Å². The fourth-order valence-corrected chi connectivity index (χ4v) is 4.12. The number of carbonyl (C=O) groups is 1. The number of nitrogens with one attached hydrogen (secondary N) is 3. The van der Waals surface area contributed by atoms with Crippen LogP contribution in [0, 0.1) is 6.92 Å². The molecule has 0 spiro atoms. The molecule has 0 unspecified atom stereocenters. The molecule has 2 amide bonds. The average molecular weight is 464 g/mol. The van der Waals surface area contributed by atoms with Gasteiger partial charge >= 0.3 is 6.03 Å². The van der Waals surface area contributed by atoms with Gasteiger partial charge in [-0.2, -0.15) is 0 Å². The first-order valence-corrected chi connectivity index (χ1v) is 11.0. The quantitative estimate of drug-likeness (QED) is 0.310. The number of carbonyl (C=O) groups excluding carboxylic acids is 1. The van der Waals surface area contributed by atoms with Crippen molar-refractivity contribution in [3.63, 3.8) is 0 Å². The molecule has 1 atom stereocenters. The lowest BCUT2D eigenvalue weighted by Crippen LogP contribution is -2.33. The number of methoxy groups -OCH3 is 2. The SMILES string of the molecule is COc1ccc([C@H](CNC(=O)Nc2cc(Cl)ccc2C)c2c[nH]c3ccccc23)cc1OC. The molecular formula is C26H26ClN3O3. The predicted octanol–water partition coefficient (Wildman–Crippen LogP) is 6.10. The first-order valence-electron chi connectivity index (χ1n) is 10.6. The van der Waals surface area contributed by atoms with E-state index in [-0.39, 0.29) is 11.9 Å². The number of hydrogen-bond acceptors (Lipinski definition) is 3. The van der Waals surface area contributed by atoms with Crippen LogP contribution in [0.1, 0.15) is 22.6 Å². The second-order valence-electron chi connectivity index (χ2n) is 7.75. The second kappa shape index (κ2) is 9.88. The highest BCUT2D eigenvalue weighted by molar-refractivity contribution is 6.31. The van der Waals surface area contributed by atoms with Crippen molar-refractivity contribution in [1.29, 1.82) is 0 Å². The number of ether oxygens (including phenoxy) is 2. The third-order valence-corrected chi connectivity index (χ3v) is 5.96. The Kier molecular flexibility index (Phi) is 6.75. The number of aryl methyl sites for hydroxylation is 1. The number of aromatic nitrogens is 1. The number of hydrogen-bond donors (Lipinski definition) is 3. The molecule has 0 saturated carbocycles. The van der Waals surface area contributed by atoms with E-state index < -0.39 is 0 Å². The van der Waals surface area contributed by atoms with Gasteiger partial charge < -0.3 is 25.1 Å². The maximum atomic E-state index is 12.8. The first kappa shape index (κ1) is 22.6. The Morgan fingerprint density at radius 1 is 1.03 bits per heavy atom. The lowest BCUT2D eigenvalue weighted by atomic mass is 9.90. The summed E-state index contributed by atoms with van der Waals surface area (Å²) in [5.74, 6) is 1.17. The Bertz CT molecular complexity index is 1290. The predicted molar refractivity (Wildman–Crippen MR) is 133 cm³/mol. The Hall–Kier alpha value is -3.64. The molecule has 0 aliphatic rings. The van der Waals surface area contributed by atoms with Crippen molar-refractivity contribution in [2.45, 2.75) is 12.8 Å². The number of urea groups is 1. The van der Waals surface area contributed by atoms with Gasteiger partial charge in [0.05, 0.1) is 14.2 Å². The third-order valence-electron chi connectivity index (χ3n) is 5.72. The Balaban J connectivity index is 1.63. The molecule has 3 aromatic carbocycles. The lowest BCUT2D eigenvalue weighted by molar-refractivity contribution is 0.252. The topological polar surface area (TPSA) is 75.4 Å². The average Bonchev–Trinajstić information content (AvgIpc) is 3.25. The van der Waals surface area contributed by atoms with Crippen molar-refractivity contribution in [1.82, 2.24) is 10.3 Å². The molecule has 0 saturated heterocycles. The summed E-state index contributed by atoms with van der Waals surface area (Å²) in [5.41, 5.74) is 4.73. The van der Waals surface area contributed by atoms with Crippen LogP contribution in [0.25, 0.3) is 10.9 Å². The highest BCUT2D eigenvalue weighted by Crippen LogP contribution is 2.35. The number of halogens is 1. The molecule has 1 heterocycles. The maximum Gasteiger partial charge on any atom is 0.319 e. The molecule has 4 rings (SSSR count). The van der Waals surface area contributed by atoms with Gasteiger partial charge in [0.1, 0.15) is 0 Å². The van der Waals surface area contributed by atoms with Crippen LogP contribution in [0.15, 0.2) is 66.9 Å². The molecule has 170 valence electrons. The van der Waals surface area contributed by atoms with Crippen molar-refractivity contribution in [2.24, 2.45) is 0 Å². The number of amides is 2. The third kappa shape index (κ3) is 4.91. The highest BCUT2D eigenvalue weighted by atomic mass is 35.5. The monoisotopic (exact) mass is 463 g/mol. The summed E-state index contributed by atoms with van der Waals surface area (Å²) in [6.45, 7) is 2.30. The maximum absolute atomic E-state index is 12.8. The number of aromatic amines is 1. The van der Waals surface area contributed by atoms with Gasteiger partial charge in [0.15, 0.2) is 11.5 Å². The van der Waals surface area contributed by atoms with E-state index in [0.29, 0.717) is 28.8 Å².